The molecule has 1 aliphatic rings. The standard InChI is InChI=1S/C19H26N4O4S2.3H2/c1-14(2)13-17(24)18(25)23-10-8-22(9-11-23)15-3-5-16(6-4-15)29(26,27)21-19-20-7-12-28-19;;;/h3-7,12,14,17,24H,8-11,13H2,1-2H3,(H,20,21);3*1H/t17-;;;/m1.../s1. The van der Waals surface area contributed by atoms with Gasteiger partial charge in [-0.15, -0.1) is 11.3 Å². The largest absolute Gasteiger partial charge is 0.383 e. The Hall–Kier alpha value is -2.17. The fourth-order valence-electron chi connectivity index (χ4n) is 3.23. The monoisotopic (exact) mass is 444 g/mol. The Labute approximate surface area is 179 Å². The molecule has 8 nitrogen and oxygen atoms in total. The molecule has 0 radical (unpaired) electrons. The van der Waals surface area contributed by atoms with Gasteiger partial charge in [0.25, 0.3) is 15.9 Å². The summed E-state index contributed by atoms with van der Waals surface area (Å²) < 4.78 is 27.3. The minimum atomic E-state index is -3.67. The van der Waals surface area contributed by atoms with Gasteiger partial charge in [-0.3, -0.25) is 9.52 Å². The minimum Gasteiger partial charge on any atom is -0.383 e. The second-order valence-electron chi connectivity index (χ2n) is 7.39. The van der Waals surface area contributed by atoms with E-state index in [0.29, 0.717) is 37.7 Å². The highest BCUT2D eigenvalue weighted by Gasteiger charge is 2.27. The third kappa shape index (κ3) is 5.46. The summed E-state index contributed by atoms with van der Waals surface area (Å²) in [5.74, 6) is 0.0446. The van der Waals surface area contributed by atoms with E-state index < -0.39 is 16.1 Å². The summed E-state index contributed by atoms with van der Waals surface area (Å²) in [7, 11) is -3.67. The van der Waals surface area contributed by atoms with Gasteiger partial charge in [0.15, 0.2) is 5.13 Å². The van der Waals surface area contributed by atoms with Crippen LogP contribution in [0.25, 0.3) is 0 Å². The van der Waals surface area contributed by atoms with E-state index in [2.05, 4.69) is 14.6 Å². The van der Waals surface area contributed by atoms with Crippen LogP contribution in [0.4, 0.5) is 10.8 Å². The SMILES string of the molecule is CC(C)C[C@@H](O)C(=O)N1CCN(c2ccc(S(=O)(=O)Nc3nccs3)cc2)CC1.[HH].[HH].[HH]. The molecule has 1 fully saturated rings. The molecule has 2 aromatic rings. The van der Waals surface area contributed by atoms with E-state index in [0.717, 1.165) is 5.69 Å². The summed E-state index contributed by atoms with van der Waals surface area (Å²) in [5, 5.41) is 12.1. The van der Waals surface area contributed by atoms with E-state index in [-0.39, 0.29) is 21.0 Å². The highest BCUT2D eigenvalue weighted by atomic mass is 32.2. The Morgan fingerprint density at radius 2 is 1.90 bits per heavy atom. The normalized spacial score (nSPS) is 16.1. The average Bonchev–Trinajstić information content (AvgIpc) is 3.19. The van der Waals surface area contributed by atoms with E-state index in [1.807, 2.05) is 13.8 Å². The molecular weight excluding hydrogens is 412 g/mol. The lowest BCUT2D eigenvalue weighted by atomic mass is 10.0. The number of thiazole rings is 1. The molecule has 1 aromatic heterocycles. The zero-order valence-electron chi connectivity index (χ0n) is 16.5. The summed E-state index contributed by atoms with van der Waals surface area (Å²) in [6.45, 7) is 6.27. The number of carbonyl (C=O) groups excluding carboxylic acids is 1. The van der Waals surface area contributed by atoms with Crippen LogP contribution < -0.4 is 9.62 Å². The summed E-state index contributed by atoms with van der Waals surface area (Å²) in [6.07, 6.45) is 1.05. The molecule has 0 spiro atoms. The first-order valence-corrected chi connectivity index (χ1v) is 11.9. The van der Waals surface area contributed by atoms with Crippen LogP contribution in [-0.2, 0) is 14.8 Å². The van der Waals surface area contributed by atoms with E-state index in [1.54, 1.807) is 34.5 Å². The number of aromatic nitrogens is 1. The number of anilines is 2. The van der Waals surface area contributed by atoms with Crippen LogP contribution in [-0.4, -0.2) is 61.6 Å². The Bertz CT molecular complexity index is 921. The van der Waals surface area contributed by atoms with Crippen molar-refractivity contribution >= 4 is 38.1 Å². The number of aliphatic hydroxyl groups is 1. The van der Waals surface area contributed by atoms with Crippen LogP contribution in [0.2, 0.25) is 0 Å². The van der Waals surface area contributed by atoms with Gasteiger partial charge < -0.3 is 14.9 Å². The summed E-state index contributed by atoms with van der Waals surface area (Å²) in [6, 6.07) is 6.66. The Kier molecular flexibility index (Phi) is 6.76. The zero-order chi connectivity index (χ0) is 21.0. The van der Waals surface area contributed by atoms with Crippen LogP contribution in [0.15, 0.2) is 40.7 Å². The molecule has 0 saturated carbocycles. The van der Waals surface area contributed by atoms with Crippen molar-refractivity contribution in [2.45, 2.75) is 31.3 Å². The molecule has 2 heterocycles. The van der Waals surface area contributed by atoms with Crippen molar-refractivity contribution in [3.05, 3.63) is 35.8 Å². The van der Waals surface area contributed by atoms with E-state index in [9.17, 15) is 18.3 Å². The lowest BCUT2D eigenvalue weighted by Gasteiger charge is -2.37. The van der Waals surface area contributed by atoms with E-state index >= 15 is 0 Å². The van der Waals surface area contributed by atoms with Gasteiger partial charge in [0.05, 0.1) is 4.90 Å². The quantitative estimate of drug-likeness (QED) is 0.681. The summed E-state index contributed by atoms with van der Waals surface area (Å²) in [4.78, 5) is 20.2. The molecule has 0 unspecified atom stereocenters. The van der Waals surface area contributed by atoms with Gasteiger partial charge in [0.2, 0.25) is 0 Å². The van der Waals surface area contributed by atoms with Crippen LogP contribution >= 0.6 is 11.3 Å². The van der Waals surface area contributed by atoms with Gasteiger partial charge in [-0.05, 0) is 36.6 Å². The van der Waals surface area contributed by atoms with Crippen molar-refractivity contribution in [3.8, 4) is 0 Å². The van der Waals surface area contributed by atoms with Crippen molar-refractivity contribution < 1.29 is 22.6 Å². The van der Waals surface area contributed by atoms with Gasteiger partial charge in [0.1, 0.15) is 6.10 Å². The Morgan fingerprint density at radius 3 is 2.45 bits per heavy atom. The molecule has 2 N–H and O–H groups in total. The first-order valence-electron chi connectivity index (χ1n) is 9.50. The van der Waals surface area contributed by atoms with Crippen molar-refractivity contribution in [2.75, 3.05) is 35.8 Å². The molecule has 10 heteroatoms. The Balaban J connectivity index is 0.00000320. The van der Waals surface area contributed by atoms with Crippen LogP contribution in [0.5, 0.6) is 0 Å². The molecule has 3 rings (SSSR count). The topological polar surface area (TPSA) is 103 Å². The van der Waals surface area contributed by atoms with Crippen molar-refractivity contribution in [3.63, 3.8) is 0 Å². The molecule has 29 heavy (non-hydrogen) atoms. The van der Waals surface area contributed by atoms with Crippen LogP contribution in [0.3, 0.4) is 0 Å². The number of piperazine rings is 1. The van der Waals surface area contributed by atoms with Gasteiger partial charge >= 0.3 is 0 Å². The number of sulfonamides is 1. The molecule has 1 aromatic carbocycles. The lowest BCUT2D eigenvalue weighted by Crippen LogP contribution is -2.51. The number of rotatable bonds is 7. The minimum absolute atomic E-state index is 0. The van der Waals surface area contributed by atoms with Gasteiger partial charge in [-0.2, -0.15) is 0 Å². The molecule has 1 aliphatic heterocycles. The first kappa shape index (κ1) is 21.5. The third-order valence-corrected chi connectivity index (χ3v) is 6.91. The maximum absolute atomic E-state index is 12.4. The predicted molar refractivity (Wildman–Crippen MR) is 120 cm³/mol. The fourth-order valence-corrected chi connectivity index (χ4v) is 5.02. The summed E-state index contributed by atoms with van der Waals surface area (Å²) in [5.41, 5.74) is 0.896. The molecule has 0 aliphatic carbocycles. The zero-order valence-corrected chi connectivity index (χ0v) is 18.1. The number of nitrogens with one attached hydrogen (secondary N) is 1. The molecule has 164 valence electrons. The number of carbonyl (C=O) groups is 1. The van der Waals surface area contributed by atoms with Crippen molar-refractivity contribution in [1.82, 2.24) is 9.88 Å². The molecule has 1 atom stereocenters. The maximum atomic E-state index is 12.4. The second kappa shape index (κ2) is 9.10. The first-order chi connectivity index (χ1) is 13.8. The highest BCUT2D eigenvalue weighted by Crippen LogP contribution is 2.22. The van der Waals surface area contributed by atoms with E-state index in [1.165, 1.54) is 17.5 Å². The van der Waals surface area contributed by atoms with Gasteiger partial charge in [-0.25, -0.2) is 13.4 Å². The number of benzene rings is 1. The summed E-state index contributed by atoms with van der Waals surface area (Å²) >= 11 is 1.22. The number of amides is 1. The lowest BCUT2D eigenvalue weighted by molar-refractivity contribution is -0.141. The van der Waals surface area contributed by atoms with Crippen LogP contribution in [0.1, 0.15) is 24.5 Å². The van der Waals surface area contributed by atoms with Crippen molar-refractivity contribution in [2.24, 2.45) is 5.92 Å². The van der Waals surface area contributed by atoms with Crippen molar-refractivity contribution in [1.29, 1.82) is 0 Å². The number of aliphatic hydroxyl groups excluding tert-OH is 1. The van der Waals surface area contributed by atoms with E-state index in [4.69, 9.17) is 0 Å². The number of nitrogens with zero attached hydrogens (tertiary/aromatic N) is 3. The Morgan fingerprint density at radius 1 is 1.24 bits per heavy atom. The molecule has 1 amide bonds. The maximum Gasteiger partial charge on any atom is 0.263 e. The third-order valence-electron chi connectivity index (χ3n) is 4.74. The average molecular weight is 445 g/mol. The predicted octanol–water partition coefficient (Wildman–Crippen LogP) is 2.74. The molecular formula is C19H32N4O4S2. The second-order valence-corrected chi connectivity index (χ2v) is 9.97. The fraction of sp³-hybridized carbons (Fsp3) is 0.474. The number of hydrogen-bond donors (Lipinski definition) is 2. The van der Waals surface area contributed by atoms with Gasteiger partial charge in [-0.1, -0.05) is 13.8 Å². The molecule has 1 saturated heterocycles. The van der Waals surface area contributed by atoms with Gasteiger partial charge in [0, 0.05) is 47.7 Å². The van der Waals surface area contributed by atoms with Crippen LogP contribution in [0, 0.1) is 5.92 Å². The highest BCUT2D eigenvalue weighted by molar-refractivity contribution is 7.93. The number of hydrogen-bond acceptors (Lipinski definition) is 7. The molecule has 0 bridgehead atoms. The smallest absolute Gasteiger partial charge is 0.263 e.